The summed E-state index contributed by atoms with van der Waals surface area (Å²) in [7, 11) is 3.16. The molecule has 3 aromatic rings. The second kappa shape index (κ2) is 11.8. The fraction of sp³-hybridized carbons (Fsp3) is 0.231. The molecule has 0 aliphatic rings. The molecule has 0 saturated heterocycles. The number of rotatable bonds is 10. The van der Waals surface area contributed by atoms with Gasteiger partial charge in [0.05, 0.1) is 32.0 Å². The van der Waals surface area contributed by atoms with Crippen molar-refractivity contribution in [2.24, 2.45) is 0 Å². The maximum absolute atomic E-state index is 13.1. The number of para-hydroxylation sites is 1. The van der Waals surface area contributed by atoms with Crippen LogP contribution in [-0.4, -0.2) is 44.0 Å². The standard InChI is InChI=1S/C26H28FN3O4/c1-4-30(16-18-9-14-23(33-2)24(15-18)34-3)17-25(31)29-22-8-6-5-7-21(22)26(32)28-20-12-10-19(27)11-13-20/h5-15H,4,16-17H2,1-3H3,(H,28,32)(H,29,31). The largest absolute Gasteiger partial charge is 0.493 e. The number of carbonyl (C=O) groups excluding carboxylic acids is 2. The highest BCUT2D eigenvalue weighted by molar-refractivity contribution is 6.10. The van der Waals surface area contributed by atoms with Crippen molar-refractivity contribution in [2.45, 2.75) is 13.5 Å². The fourth-order valence-corrected chi connectivity index (χ4v) is 3.43. The molecule has 0 radical (unpaired) electrons. The number of anilines is 2. The van der Waals surface area contributed by atoms with Gasteiger partial charge in [0, 0.05) is 12.2 Å². The third-order valence-electron chi connectivity index (χ3n) is 5.22. The van der Waals surface area contributed by atoms with Crippen molar-refractivity contribution >= 4 is 23.2 Å². The van der Waals surface area contributed by atoms with Gasteiger partial charge in [-0.05, 0) is 60.6 Å². The van der Waals surface area contributed by atoms with Gasteiger partial charge in [0.25, 0.3) is 5.91 Å². The van der Waals surface area contributed by atoms with Gasteiger partial charge >= 0.3 is 0 Å². The Balaban J connectivity index is 1.66. The number of likely N-dealkylation sites (N-methyl/N-ethyl adjacent to an activating group) is 1. The maximum Gasteiger partial charge on any atom is 0.257 e. The van der Waals surface area contributed by atoms with Crippen LogP contribution in [0.1, 0.15) is 22.8 Å². The minimum absolute atomic E-state index is 0.138. The number of nitrogens with one attached hydrogen (secondary N) is 2. The van der Waals surface area contributed by atoms with Crippen LogP contribution in [0.5, 0.6) is 11.5 Å². The Hall–Kier alpha value is -3.91. The van der Waals surface area contributed by atoms with E-state index in [0.29, 0.717) is 41.5 Å². The van der Waals surface area contributed by atoms with Crippen molar-refractivity contribution < 1.29 is 23.5 Å². The van der Waals surface area contributed by atoms with Crippen LogP contribution >= 0.6 is 0 Å². The summed E-state index contributed by atoms with van der Waals surface area (Å²) in [5.41, 5.74) is 2.14. The Morgan fingerprint density at radius 3 is 2.29 bits per heavy atom. The van der Waals surface area contributed by atoms with Crippen LogP contribution in [0, 0.1) is 5.82 Å². The second-order valence-electron chi connectivity index (χ2n) is 7.55. The Labute approximate surface area is 198 Å². The molecule has 7 nitrogen and oxygen atoms in total. The summed E-state index contributed by atoms with van der Waals surface area (Å²) in [5, 5.41) is 5.55. The minimum Gasteiger partial charge on any atom is -0.493 e. The average molecular weight is 466 g/mol. The smallest absolute Gasteiger partial charge is 0.257 e. The number of amides is 2. The van der Waals surface area contributed by atoms with Gasteiger partial charge in [0.15, 0.2) is 11.5 Å². The van der Waals surface area contributed by atoms with Crippen molar-refractivity contribution in [3.63, 3.8) is 0 Å². The normalized spacial score (nSPS) is 10.6. The molecule has 34 heavy (non-hydrogen) atoms. The number of carbonyl (C=O) groups is 2. The zero-order chi connectivity index (χ0) is 24.5. The quantitative estimate of drug-likeness (QED) is 0.459. The van der Waals surface area contributed by atoms with Crippen molar-refractivity contribution in [3.8, 4) is 11.5 Å². The summed E-state index contributed by atoms with van der Waals surface area (Å²) in [6.07, 6.45) is 0. The van der Waals surface area contributed by atoms with Crippen molar-refractivity contribution in [2.75, 3.05) is 37.9 Å². The van der Waals surface area contributed by atoms with E-state index in [9.17, 15) is 14.0 Å². The van der Waals surface area contributed by atoms with E-state index in [4.69, 9.17) is 9.47 Å². The van der Waals surface area contributed by atoms with Crippen LogP contribution in [-0.2, 0) is 11.3 Å². The lowest BCUT2D eigenvalue weighted by Crippen LogP contribution is -2.33. The first-order chi connectivity index (χ1) is 16.4. The first-order valence-corrected chi connectivity index (χ1v) is 10.8. The molecular weight excluding hydrogens is 437 g/mol. The van der Waals surface area contributed by atoms with E-state index in [1.165, 1.54) is 24.3 Å². The number of ether oxygens (including phenoxy) is 2. The lowest BCUT2D eigenvalue weighted by molar-refractivity contribution is -0.117. The molecule has 3 rings (SSSR count). The highest BCUT2D eigenvalue weighted by atomic mass is 19.1. The summed E-state index contributed by atoms with van der Waals surface area (Å²) in [6, 6.07) is 17.9. The van der Waals surface area contributed by atoms with Crippen molar-refractivity contribution in [1.29, 1.82) is 0 Å². The summed E-state index contributed by atoms with van der Waals surface area (Å²) < 4.78 is 23.8. The summed E-state index contributed by atoms with van der Waals surface area (Å²) in [4.78, 5) is 27.5. The number of benzene rings is 3. The van der Waals surface area contributed by atoms with E-state index in [0.717, 1.165) is 5.56 Å². The molecule has 0 aliphatic carbocycles. The predicted molar refractivity (Wildman–Crippen MR) is 130 cm³/mol. The molecule has 0 fully saturated rings. The lowest BCUT2D eigenvalue weighted by atomic mass is 10.1. The number of methoxy groups -OCH3 is 2. The van der Waals surface area contributed by atoms with Gasteiger partial charge in [-0.25, -0.2) is 4.39 Å². The van der Waals surface area contributed by atoms with Gasteiger partial charge in [0.1, 0.15) is 5.82 Å². The Morgan fingerprint density at radius 1 is 0.912 bits per heavy atom. The molecule has 0 spiro atoms. The molecule has 2 N–H and O–H groups in total. The van der Waals surface area contributed by atoms with E-state index >= 15 is 0 Å². The molecule has 8 heteroatoms. The maximum atomic E-state index is 13.1. The van der Waals surface area contributed by atoms with Gasteiger partial charge in [-0.3, -0.25) is 14.5 Å². The van der Waals surface area contributed by atoms with Crippen LogP contribution in [0.4, 0.5) is 15.8 Å². The predicted octanol–water partition coefficient (Wildman–Crippen LogP) is 4.56. The first kappa shape index (κ1) is 24.7. The SMILES string of the molecule is CCN(CC(=O)Nc1ccccc1C(=O)Nc1ccc(F)cc1)Cc1ccc(OC)c(OC)c1. The van der Waals surface area contributed by atoms with Crippen molar-refractivity contribution in [1.82, 2.24) is 4.90 Å². The van der Waals surface area contributed by atoms with Crippen LogP contribution in [0.3, 0.4) is 0 Å². The van der Waals surface area contributed by atoms with Gasteiger partial charge in [-0.2, -0.15) is 0 Å². The second-order valence-corrected chi connectivity index (χ2v) is 7.55. The highest BCUT2D eigenvalue weighted by Crippen LogP contribution is 2.28. The highest BCUT2D eigenvalue weighted by Gasteiger charge is 2.16. The topological polar surface area (TPSA) is 79.9 Å². The van der Waals surface area contributed by atoms with Gasteiger partial charge in [0.2, 0.25) is 5.91 Å². The molecule has 3 aromatic carbocycles. The van der Waals surface area contributed by atoms with E-state index in [1.807, 2.05) is 30.0 Å². The Morgan fingerprint density at radius 2 is 1.62 bits per heavy atom. The monoisotopic (exact) mass is 465 g/mol. The summed E-state index contributed by atoms with van der Waals surface area (Å²) >= 11 is 0. The number of halogens is 1. The van der Waals surface area contributed by atoms with Gasteiger partial charge in [-0.1, -0.05) is 25.1 Å². The third-order valence-corrected chi connectivity index (χ3v) is 5.22. The van der Waals surface area contributed by atoms with Crippen LogP contribution < -0.4 is 20.1 Å². The van der Waals surface area contributed by atoms with E-state index in [-0.39, 0.29) is 18.3 Å². The zero-order valence-corrected chi connectivity index (χ0v) is 19.4. The Kier molecular flexibility index (Phi) is 8.59. The summed E-state index contributed by atoms with van der Waals surface area (Å²) in [5.74, 6) is 0.230. The first-order valence-electron chi connectivity index (χ1n) is 10.8. The fourth-order valence-electron chi connectivity index (χ4n) is 3.43. The lowest BCUT2D eigenvalue weighted by Gasteiger charge is -2.21. The van der Waals surface area contributed by atoms with Gasteiger partial charge < -0.3 is 20.1 Å². The molecule has 178 valence electrons. The Bertz CT molecular complexity index is 1140. The van der Waals surface area contributed by atoms with E-state index in [2.05, 4.69) is 10.6 Å². The molecule has 0 aliphatic heterocycles. The molecule has 0 saturated carbocycles. The molecule has 0 heterocycles. The van der Waals surface area contributed by atoms with Gasteiger partial charge in [-0.15, -0.1) is 0 Å². The van der Waals surface area contributed by atoms with E-state index in [1.54, 1.807) is 38.5 Å². The molecular formula is C26H28FN3O4. The van der Waals surface area contributed by atoms with Crippen LogP contribution in [0.15, 0.2) is 66.7 Å². The molecule has 2 amide bonds. The number of hydrogen-bond acceptors (Lipinski definition) is 5. The summed E-state index contributed by atoms with van der Waals surface area (Å²) in [6.45, 7) is 3.29. The van der Waals surface area contributed by atoms with Crippen molar-refractivity contribution in [3.05, 3.63) is 83.7 Å². The number of nitrogens with zero attached hydrogens (tertiary/aromatic N) is 1. The third kappa shape index (κ3) is 6.55. The van der Waals surface area contributed by atoms with Crippen LogP contribution in [0.25, 0.3) is 0 Å². The molecule has 0 aromatic heterocycles. The molecule has 0 atom stereocenters. The van der Waals surface area contributed by atoms with Crippen LogP contribution in [0.2, 0.25) is 0 Å². The van der Waals surface area contributed by atoms with E-state index < -0.39 is 5.91 Å². The minimum atomic E-state index is -0.403. The molecule has 0 bridgehead atoms. The molecule has 0 unspecified atom stereocenters. The average Bonchev–Trinajstić information content (AvgIpc) is 2.85. The number of hydrogen-bond donors (Lipinski definition) is 2. The zero-order valence-electron chi connectivity index (χ0n) is 19.4.